The van der Waals surface area contributed by atoms with Crippen LogP contribution >= 0.6 is 11.3 Å². The maximum absolute atomic E-state index is 12.6. The van der Waals surface area contributed by atoms with Crippen molar-refractivity contribution in [2.24, 2.45) is 0 Å². The smallest absolute Gasteiger partial charge is 0.264 e. The van der Waals surface area contributed by atoms with E-state index < -0.39 is 5.91 Å². The normalized spacial score (nSPS) is 12.1. The third-order valence-electron chi connectivity index (χ3n) is 4.34. The van der Waals surface area contributed by atoms with Gasteiger partial charge >= 0.3 is 0 Å². The molecule has 0 fully saturated rings. The number of rotatable bonds is 2. The molecule has 4 aromatic rings. The summed E-state index contributed by atoms with van der Waals surface area (Å²) < 4.78 is 11.1. The summed E-state index contributed by atoms with van der Waals surface area (Å²) in [6.45, 7) is 0.401. The Bertz CT molecular complexity index is 1260. The Balaban J connectivity index is 1.49. The van der Waals surface area contributed by atoms with Gasteiger partial charge in [0, 0.05) is 5.56 Å². The lowest BCUT2D eigenvalue weighted by Gasteiger charge is -2.15. The van der Waals surface area contributed by atoms with Gasteiger partial charge in [0.1, 0.15) is 29.8 Å². The van der Waals surface area contributed by atoms with Crippen LogP contribution in [0.2, 0.25) is 0 Å². The van der Waals surface area contributed by atoms with Crippen molar-refractivity contribution in [2.75, 3.05) is 5.32 Å². The van der Waals surface area contributed by atoms with Crippen LogP contribution in [0.1, 0.15) is 15.2 Å². The minimum absolute atomic E-state index is 0.0569. The van der Waals surface area contributed by atoms with Gasteiger partial charge in [0.25, 0.3) is 5.91 Å². The van der Waals surface area contributed by atoms with Gasteiger partial charge in [-0.25, -0.2) is 4.98 Å². The number of benzene rings is 2. The highest BCUT2D eigenvalue weighted by atomic mass is 32.1. The largest absolute Gasteiger partial charge is 0.487 e. The third-order valence-corrected chi connectivity index (χ3v) is 5.29. The maximum atomic E-state index is 12.6. The number of hydrogen-bond donors (Lipinski definition) is 1. The van der Waals surface area contributed by atoms with E-state index in [0.717, 1.165) is 21.9 Å². The summed E-state index contributed by atoms with van der Waals surface area (Å²) in [7, 11) is 0. The number of aromatic nitrogens is 1. The standard InChI is InChI=1S/C20H12N2O4S/c23-18-12-6-2-4-8-15(12)25-9-13(18)19(24)22-20-21-17-11-5-1-3-7-14(11)26-10-16(17)27-20/h1-9H,10H2,(H,21,22,24). The molecule has 0 radical (unpaired) electrons. The molecule has 1 aliphatic rings. The molecule has 3 heterocycles. The molecule has 0 spiro atoms. The summed E-state index contributed by atoms with van der Waals surface area (Å²) in [6, 6.07) is 14.4. The first-order chi connectivity index (χ1) is 13.2. The maximum Gasteiger partial charge on any atom is 0.264 e. The summed E-state index contributed by atoms with van der Waals surface area (Å²) in [5.74, 6) is 0.221. The number of carbonyl (C=O) groups excluding carboxylic acids is 1. The van der Waals surface area contributed by atoms with E-state index in [-0.39, 0.29) is 11.0 Å². The van der Waals surface area contributed by atoms with E-state index in [4.69, 9.17) is 9.15 Å². The quantitative estimate of drug-likeness (QED) is 0.570. The molecule has 0 unspecified atom stereocenters. The number of thiazole rings is 1. The summed E-state index contributed by atoms with van der Waals surface area (Å²) in [4.78, 5) is 30.6. The molecule has 2 aromatic heterocycles. The molecule has 1 amide bonds. The highest BCUT2D eigenvalue weighted by molar-refractivity contribution is 7.16. The lowest BCUT2D eigenvalue weighted by molar-refractivity contribution is 0.102. The lowest BCUT2D eigenvalue weighted by Crippen LogP contribution is -2.21. The molecule has 0 bridgehead atoms. The molecule has 1 N–H and O–H groups in total. The molecule has 0 saturated heterocycles. The predicted octanol–water partition coefficient (Wildman–Crippen LogP) is 4.06. The second kappa shape index (κ2) is 6.07. The third kappa shape index (κ3) is 2.60. The van der Waals surface area contributed by atoms with E-state index in [0.29, 0.717) is 22.7 Å². The summed E-state index contributed by atoms with van der Waals surface area (Å²) in [6.07, 6.45) is 1.19. The fourth-order valence-electron chi connectivity index (χ4n) is 3.04. The van der Waals surface area contributed by atoms with Gasteiger partial charge in [-0.05, 0) is 24.3 Å². The van der Waals surface area contributed by atoms with Crippen LogP contribution in [-0.4, -0.2) is 10.9 Å². The molecule has 132 valence electrons. The lowest BCUT2D eigenvalue weighted by atomic mass is 10.1. The van der Waals surface area contributed by atoms with Gasteiger partial charge in [-0.3, -0.25) is 14.9 Å². The monoisotopic (exact) mass is 376 g/mol. The van der Waals surface area contributed by atoms with E-state index in [1.165, 1.54) is 17.6 Å². The van der Waals surface area contributed by atoms with Crippen LogP contribution in [0.25, 0.3) is 22.2 Å². The number of ether oxygens (including phenoxy) is 1. The fraction of sp³-hybridized carbons (Fsp3) is 0.0500. The Morgan fingerprint density at radius 3 is 2.85 bits per heavy atom. The van der Waals surface area contributed by atoms with E-state index in [1.54, 1.807) is 24.3 Å². The zero-order valence-electron chi connectivity index (χ0n) is 13.9. The minimum atomic E-state index is -0.546. The van der Waals surface area contributed by atoms with Crippen molar-refractivity contribution >= 4 is 33.3 Å². The van der Waals surface area contributed by atoms with Gasteiger partial charge in [0.15, 0.2) is 5.13 Å². The number of carbonyl (C=O) groups is 1. The molecule has 0 aliphatic carbocycles. The number of para-hydroxylation sites is 2. The number of hydrogen-bond acceptors (Lipinski definition) is 6. The molecule has 27 heavy (non-hydrogen) atoms. The Kier molecular flexibility index (Phi) is 3.54. The predicted molar refractivity (Wildman–Crippen MR) is 102 cm³/mol. The SMILES string of the molecule is O=C(Nc1nc2c(s1)COc1ccccc1-2)c1coc2ccccc2c1=O. The number of nitrogens with zero attached hydrogens (tertiary/aromatic N) is 1. The van der Waals surface area contributed by atoms with Crippen molar-refractivity contribution < 1.29 is 13.9 Å². The van der Waals surface area contributed by atoms with E-state index in [9.17, 15) is 9.59 Å². The second-order valence-electron chi connectivity index (χ2n) is 6.00. The van der Waals surface area contributed by atoms with E-state index in [1.807, 2.05) is 24.3 Å². The minimum Gasteiger partial charge on any atom is -0.487 e. The first-order valence-electron chi connectivity index (χ1n) is 8.24. The summed E-state index contributed by atoms with van der Waals surface area (Å²) >= 11 is 1.33. The molecular formula is C20H12N2O4S. The molecule has 0 atom stereocenters. The van der Waals surface area contributed by atoms with E-state index >= 15 is 0 Å². The van der Waals surface area contributed by atoms with Crippen molar-refractivity contribution in [3.63, 3.8) is 0 Å². The second-order valence-corrected chi connectivity index (χ2v) is 7.09. The molecule has 0 saturated carbocycles. The Hall–Kier alpha value is -3.45. The highest BCUT2D eigenvalue weighted by Crippen LogP contribution is 2.40. The van der Waals surface area contributed by atoms with Crippen LogP contribution in [-0.2, 0) is 6.61 Å². The zero-order valence-corrected chi connectivity index (χ0v) is 14.7. The Morgan fingerprint density at radius 1 is 1.11 bits per heavy atom. The molecule has 1 aliphatic heterocycles. The van der Waals surface area contributed by atoms with Crippen molar-refractivity contribution in [1.29, 1.82) is 0 Å². The highest BCUT2D eigenvalue weighted by Gasteiger charge is 2.23. The van der Waals surface area contributed by atoms with Crippen LogP contribution in [0.3, 0.4) is 0 Å². The van der Waals surface area contributed by atoms with Gasteiger partial charge in [0.05, 0.1) is 16.0 Å². The van der Waals surface area contributed by atoms with Gasteiger partial charge in [-0.1, -0.05) is 35.6 Å². The molecule has 7 heteroatoms. The van der Waals surface area contributed by atoms with Crippen LogP contribution in [0, 0.1) is 0 Å². The number of anilines is 1. The molecule has 6 nitrogen and oxygen atoms in total. The van der Waals surface area contributed by atoms with Crippen LogP contribution < -0.4 is 15.5 Å². The zero-order chi connectivity index (χ0) is 18.4. The summed E-state index contributed by atoms with van der Waals surface area (Å²) in [5.41, 5.74) is 1.70. The average molecular weight is 376 g/mol. The van der Waals surface area contributed by atoms with Crippen molar-refractivity contribution in [1.82, 2.24) is 4.98 Å². The van der Waals surface area contributed by atoms with Crippen LogP contribution in [0.5, 0.6) is 5.75 Å². The molecule has 5 rings (SSSR count). The van der Waals surface area contributed by atoms with Crippen molar-refractivity contribution in [3.8, 4) is 17.0 Å². The molecular weight excluding hydrogens is 364 g/mol. The number of amides is 1. The van der Waals surface area contributed by atoms with Gasteiger partial charge in [0.2, 0.25) is 5.43 Å². The van der Waals surface area contributed by atoms with Gasteiger partial charge in [-0.2, -0.15) is 0 Å². The first kappa shape index (κ1) is 15.8. The Labute approximate surface area is 157 Å². The number of nitrogens with one attached hydrogen (secondary N) is 1. The molecule has 2 aromatic carbocycles. The van der Waals surface area contributed by atoms with Gasteiger partial charge in [-0.15, -0.1) is 0 Å². The first-order valence-corrected chi connectivity index (χ1v) is 9.06. The fourth-order valence-corrected chi connectivity index (χ4v) is 3.93. The van der Waals surface area contributed by atoms with Gasteiger partial charge < -0.3 is 9.15 Å². The van der Waals surface area contributed by atoms with Crippen LogP contribution in [0.15, 0.2) is 64.0 Å². The van der Waals surface area contributed by atoms with E-state index in [2.05, 4.69) is 10.3 Å². The van der Waals surface area contributed by atoms with Crippen molar-refractivity contribution in [2.45, 2.75) is 6.61 Å². The number of fused-ring (bicyclic) bond motifs is 4. The van der Waals surface area contributed by atoms with Crippen molar-refractivity contribution in [3.05, 3.63) is 75.5 Å². The van der Waals surface area contributed by atoms with Crippen LogP contribution in [0.4, 0.5) is 5.13 Å². The topological polar surface area (TPSA) is 81.4 Å². The Morgan fingerprint density at radius 2 is 1.93 bits per heavy atom. The average Bonchev–Trinajstić information content (AvgIpc) is 3.11. The summed E-state index contributed by atoms with van der Waals surface area (Å²) in [5, 5.41) is 3.49.